The number of hydrogen-bond acceptors (Lipinski definition) is 5. The fraction of sp³-hybridized carbons (Fsp3) is 0.267. The van der Waals surface area contributed by atoms with E-state index >= 15 is 0 Å². The highest BCUT2D eigenvalue weighted by atomic mass is 32.2. The lowest BCUT2D eigenvalue weighted by Crippen LogP contribution is -2.26. The Labute approximate surface area is 132 Å². The summed E-state index contributed by atoms with van der Waals surface area (Å²) in [5.41, 5.74) is 1.34. The van der Waals surface area contributed by atoms with Gasteiger partial charge in [-0.25, -0.2) is 4.98 Å². The molecule has 116 valence electrons. The molecule has 0 spiro atoms. The number of likely N-dealkylation sites (N-methyl/N-ethyl adjacent to an activating group) is 2. The fourth-order valence-electron chi connectivity index (χ4n) is 1.72. The van der Waals surface area contributed by atoms with Crippen molar-refractivity contribution in [1.82, 2.24) is 15.6 Å². The maximum atomic E-state index is 12.1. The van der Waals surface area contributed by atoms with Crippen LogP contribution in [-0.4, -0.2) is 29.9 Å². The van der Waals surface area contributed by atoms with Crippen molar-refractivity contribution in [2.45, 2.75) is 19.1 Å². The second-order valence-corrected chi connectivity index (χ2v) is 5.31. The van der Waals surface area contributed by atoms with Crippen LogP contribution in [-0.2, 0) is 9.59 Å². The third-order valence-electron chi connectivity index (χ3n) is 2.65. The number of oxazole rings is 1. The number of nitrogens with zero attached hydrogens (tertiary/aromatic N) is 1. The SMILES string of the molecule is CCNC(=O)/C=C(\Sc1nc2ccccc2o1)C(=O)NCC. The molecular formula is C15H17N3O3S. The van der Waals surface area contributed by atoms with E-state index < -0.39 is 0 Å². The molecule has 0 aliphatic heterocycles. The minimum atomic E-state index is -0.332. The van der Waals surface area contributed by atoms with E-state index in [1.54, 1.807) is 6.07 Å². The van der Waals surface area contributed by atoms with Gasteiger partial charge < -0.3 is 15.1 Å². The van der Waals surface area contributed by atoms with E-state index in [2.05, 4.69) is 15.6 Å². The molecule has 22 heavy (non-hydrogen) atoms. The third kappa shape index (κ3) is 4.11. The van der Waals surface area contributed by atoms with E-state index in [-0.39, 0.29) is 16.7 Å². The number of para-hydroxylation sites is 2. The Hall–Kier alpha value is -2.28. The standard InChI is InChI=1S/C15H17N3O3S/c1-3-16-13(19)9-12(14(20)17-4-2)22-15-18-10-7-5-6-8-11(10)21-15/h5-9H,3-4H2,1-2H3,(H,16,19)(H,17,20)/b12-9-. The van der Waals surface area contributed by atoms with Crippen LogP contribution in [0.15, 0.2) is 44.9 Å². The second kappa shape index (κ2) is 7.65. The van der Waals surface area contributed by atoms with Crippen LogP contribution in [0.2, 0.25) is 0 Å². The number of amides is 2. The van der Waals surface area contributed by atoms with Crippen molar-refractivity contribution in [1.29, 1.82) is 0 Å². The number of hydrogen-bond donors (Lipinski definition) is 2. The quantitative estimate of drug-likeness (QED) is 0.629. The smallest absolute Gasteiger partial charge is 0.261 e. The van der Waals surface area contributed by atoms with Crippen LogP contribution in [0.4, 0.5) is 0 Å². The van der Waals surface area contributed by atoms with Crippen LogP contribution < -0.4 is 10.6 Å². The molecule has 1 aromatic carbocycles. The first kappa shape index (κ1) is 16.1. The molecule has 0 saturated carbocycles. The van der Waals surface area contributed by atoms with Gasteiger partial charge >= 0.3 is 0 Å². The lowest BCUT2D eigenvalue weighted by atomic mass is 10.3. The van der Waals surface area contributed by atoms with Crippen LogP contribution in [0.25, 0.3) is 11.1 Å². The molecule has 2 aromatic rings. The molecule has 0 atom stereocenters. The second-order valence-electron chi connectivity index (χ2n) is 4.31. The molecule has 7 heteroatoms. The Morgan fingerprint density at radius 3 is 2.64 bits per heavy atom. The number of carbonyl (C=O) groups is 2. The van der Waals surface area contributed by atoms with E-state index in [1.807, 2.05) is 32.0 Å². The molecule has 6 nitrogen and oxygen atoms in total. The topological polar surface area (TPSA) is 84.2 Å². The van der Waals surface area contributed by atoms with E-state index in [4.69, 9.17) is 4.42 Å². The summed E-state index contributed by atoms with van der Waals surface area (Å²) in [5, 5.41) is 5.62. The lowest BCUT2D eigenvalue weighted by molar-refractivity contribution is -0.118. The van der Waals surface area contributed by atoms with E-state index in [0.717, 1.165) is 11.8 Å². The summed E-state index contributed by atoms with van der Waals surface area (Å²) in [5.74, 6) is -0.659. The molecule has 0 aliphatic carbocycles. The van der Waals surface area contributed by atoms with Crippen LogP contribution >= 0.6 is 11.8 Å². The van der Waals surface area contributed by atoms with Crippen LogP contribution in [0, 0.1) is 0 Å². The van der Waals surface area contributed by atoms with Crippen molar-refractivity contribution in [2.75, 3.05) is 13.1 Å². The van der Waals surface area contributed by atoms with Crippen molar-refractivity contribution < 1.29 is 14.0 Å². The summed E-state index contributed by atoms with van der Waals surface area (Å²) < 4.78 is 5.57. The first-order valence-corrected chi connectivity index (χ1v) is 7.76. The number of rotatable bonds is 6. The number of nitrogens with one attached hydrogen (secondary N) is 2. The van der Waals surface area contributed by atoms with Gasteiger partial charge in [0.05, 0.1) is 4.91 Å². The zero-order valence-electron chi connectivity index (χ0n) is 12.4. The number of carbonyl (C=O) groups excluding carboxylic acids is 2. The summed E-state index contributed by atoms with van der Waals surface area (Å²) in [6.45, 7) is 4.59. The summed E-state index contributed by atoms with van der Waals surface area (Å²) in [4.78, 5) is 28.3. The maximum absolute atomic E-state index is 12.1. The highest BCUT2D eigenvalue weighted by Gasteiger charge is 2.16. The molecule has 0 radical (unpaired) electrons. The Bertz CT molecular complexity index is 676. The minimum Gasteiger partial charge on any atom is -0.431 e. The molecule has 1 heterocycles. The van der Waals surface area contributed by atoms with Crippen LogP contribution in [0.1, 0.15) is 13.8 Å². The number of benzene rings is 1. The van der Waals surface area contributed by atoms with Crippen molar-refractivity contribution in [3.8, 4) is 0 Å². The van der Waals surface area contributed by atoms with Gasteiger partial charge in [0.2, 0.25) is 5.91 Å². The Morgan fingerprint density at radius 1 is 1.23 bits per heavy atom. The zero-order chi connectivity index (χ0) is 15.9. The normalized spacial score (nSPS) is 11.5. The molecule has 2 N–H and O–H groups in total. The monoisotopic (exact) mass is 319 g/mol. The van der Waals surface area contributed by atoms with E-state index in [0.29, 0.717) is 29.4 Å². The molecule has 0 saturated heterocycles. The van der Waals surface area contributed by atoms with Gasteiger partial charge in [0.25, 0.3) is 11.1 Å². The van der Waals surface area contributed by atoms with Gasteiger partial charge in [-0.3, -0.25) is 9.59 Å². The molecular weight excluding hydrogens is 302 g/mol. The molecule has 2 amide bonds. The van der Waals surface area contributed by atoms with Crippen LogP contribution in [0.3, 0.4) is 0 Å². The fourth-order valence-corrected chi connectivity index (χ4v) is 2.52. The molecule has 0 aliphatic rings. The highest BCUT2D eigenvalue weighted by Crippen LogP contribution is 2.29. The van der Waals surface area contributed by atoms with Crippen LogP contribution in [0.5, 0.6) is 0 Å². The number of aromatic nitrogens is 1. The van der Waals surface area contributed by atoms with Crippen molar-refractivity contribution in [2.24, 2.45) is 0 Å². The highest BCUT2D eigenvalue weighted by molar-refractivity contribution is 8.03. The minimum absolute atomic E-state index is 0.236. The van der Waals surface area contributed by atoms with Gasteiger partial charge in [0.15, 0.2) is 5.58 Å². The van der Waals surface area contributed by atoms with Gasteiger partial charge in [-0.1, -0.05) is 12.1 Å². The summed E-state index contributed by atoms with van der Waals surface area (Å²) in [6.07, 6.45) is 1.26. The van der Waals surface area contributed by atoms with Gasteiger partial charge in [-0.05, 0) is 37.7 Å². The van der Waals surface area contributed by atoms with Crippen molar-refractivity contribution in [3.05, 3.63) is 35.2 Å². The maximum Gasteiger partial charge on any atom is 0.261 e. The Balaban J connectivity index is 2.24. The Kier molecular flexibility index (Phi) is 5.60. The third-order valence-corrected chi connectivity index (χ3v) is 3.52. The molecule has 0 bridgehead atoms. The average Bonchev–Trinajstić information content (AvgIpc) is 2.89. The van der Waals surface area contributed by atoms with Gasteiger partial charge in [-0.2, -0.15) is 0 Å². The first-order valence-electron chi connectivity index (χ1n) is 6.95. The summed E-state index contributed by atoms with van der Waals surface area (Å²) in [7, 11) is 0. The number of fused-ring (bicyclic) bond motifs is 1. The number of thioether (sulfide) groups is 1. The largest absolute Gasteiger partial charge is 0.431 e. The summed E-state index contributed by atoms with van der Waals surface area (Å²) >= 11 is 1.03. The first-order chi connectivity index (χ1) is 10.6. The predicted octanol–water partition coefficient (Wildman–Crippen LogP) is 2.08. The Morgan fingerprint density at radius 2 is 1.95 bits per heavy atom. The zero-order valence-corrected chi connectivity index (χ0v) is 13.2. The van der Waals surface area contributed by atoms with E-state index in [9.17, 15) is 9.59 Å². The molecule has 0 unspecified atom stereocenters. The van der Waals surface area contributed by atoms with E-state index in [1.165, 1.54) is 6.08 Å². The molecule has 1 aromatic heterocycles. The lowest BCUT2D eigenvalue weighted by Gasteiger charge is -2.05. The average molecular weight is 319 g/mol. The van der Waals surface area contributed by atoms with Gasteiger partial charge in [0, 0.05) is 19.2 Å². The molecule has 2 rings (SSSR count). The van der Waals surface area contributed by atoms with Gasteiger partial charge in [0.1, 0.15) is 5.52 Å². The van der Waals surface area contributed by atoms with Gasteiger partial charge in [-0.15, -0.1) is 0 Å². The summed E-state index contributed by atoms with van der Waals surface area (Å²) in [6, 6.07) is 7.32. The molecule has 0 fully saturated rings. The van der Waals surface area contributed by atoms with Crippen molar-refractivity contribution >= 4 is 34.7 Å². The predicted molar refractivity (Wildman–Crippen MR) is 85.3 cm³/mol. The van der Waals surface area contributed by atoms with Crippen molar-refractivity contribution in [3.63, 3.8) is 0 Å².